The summed E-state index contributed by atoms with van der Waals surface area (Å²) in [5.74, 6) is 1.32. The molecule has 0 aliphatic carbocycles. The zero-order chi connectivity index (χ0) is 22.7. The zero-order valence-corrected chi connectivity index (χ0v) is 18.6. The molecule has 32 heavy (non-hydrogen) atoms. The normalized spacial score (nSPS) is 16.4. The second kappa shape index (κ2) is 9.21. The maximum absolute atomic E-state index is 7.56. The lowest BCUT2D eigenvalue weighted by Gasteiger charge is -2.14. The molecular weight excluding hydrogens is 404 g/mol. The van der Waals surface area contributed by atoms with Crippen molar-refractivity contribution in [3.8, 4) is 11.4 Å². The summed E-state index contributed by atoms with van der Waals surface area (Å²) >= 11 is 0. The Morgan fingerprint density at radius 1 is 1.22 bits per heavy atom. The molecule has 0 bridgehead atoms. The van der Waals surface area contributed by atoms with E-state index in [0.717, 1.165) is 35.4 Å². The summed E-state index contributed by atoms with van der Waals surface area (Å²) in [6, 6.07) is 14.2. The Labute approximate surface area is 187 Å². The number of hydrogen-bond donors (Lipinski definition) is 2. The highest BCUT2D eigenvalue weighted by molar-refractivity contribution is 5.98. The molecule has 2 aromatic carbocycles. The van der Waals surface area contributed by atoms with Crippen LogP contribution in [0.25, 0.3) is 11.4 Å². The number of benzene rings is 2. The first kappa shape index (κ1) is 21.5. The predicted octanol–water partition coefficient (Wildman–Crippen LogP) is 3.98. The number of nitrogens with one attached hydrogen (secondary N) is 1. The number of rotatable bonds is 6. The number of hydrogen-bond acceptors (Lipinski definition) is 6. The van der Waals surface area contributed by atoms with E-state index in [9.17, 15) is 0 Å². The van der Waals surface area contributed by atoms with Gasteiger partial charge in [-0.05, 0) is 38.3 Å². The van der Waals surface area contributed by atoms with E-state index in [-0.39, 0.29) is 11.9 Å². The molecule has 1 aromatic heterocycles. The fraction of sp³-hybridized carbons (Fsp3) is 0.333. The molecule has 166 valence electrons. The van der Waals surface area contributed by atoms with Crippen LogP contribution in [0.5, 0.6) is 0 Å². The Bertz CT molecular complexity index is 1120. The quantitative estimate of drug-likeness (QED) is 0.346. The number of nitrogens with two attached hydrogens (primary N) is 1. The molecule has 0 radical (unpaired) electrons. The highest BCUT2D eigenvalue weighted by atomic mass is 16.6. The average Bonchev–Trinajstić information content (AvgIpc) is 3.43. The van der Waals surface area contributed by atoms with Gasteiger partial charge in [0.15, 0.2) is 5.96 Å². The van der Waals surface area contributed by atoms with Crippen molar-refractivity contribution < 1.29 is 9.36 Å². The Morgan fingerprint density at radius 2 is 1.94 bits per heavy atom. The minimum absolute atomic E-state index is 0.0813. The van der Waals surface area contributed by atoms with Gasteiger partial charge in [-0.15, -0.1) is 0 Å². The summed E-state index contributed by atoms with van der Waals surface area (Å²) < 4.78 is 5.48. The van der Waals surface area contributed by atoms with Gasteiger partial charge in [-0.3, -0.25) is 5.41 Å². The van der Waals surface area contributed by atoms with E-state index in [1.165, 1.54) is 11.1 Å². The van der Waals surface area contributed by atoms with Gasteiger partial charge in [0, 0.05) is 18.7 Å². The van der Waals surface area contributed by atoms with E-state index in [1.807, 2.05) is 36.1 Å². The third-order valence-corrected chi connectivity index (χ3v) is 5.59. The van der Waals surface area contributed by atoms with Gasteiger partial charge in [-0.2, -0.15) is 4.98 Å². The first-order chi connectivity index (χ1) is 15.4. The van der Waals surface area contributed by atoms with Gasteiger partial charge in [0.1, 0.15) is 6.61 Å². The smallest absolute Gasteiger partial charge is 0.231 e. The highest BCUT2D eigenvalue weighted by Crippen LogP contribution is 2.27. The number of likely N-dealkylation sites (tertiary alicyclic amines) is 1. The maximum Gasteiger partial charge on any atom is 0.231 e. The Balaban J connectivity index is 1.38. The summed E-state index contributed by atoms with van der Waals surface area (Å²) in [6.07, 6.45) is 0.845. The number of nitrogens with zero attached hydrogens (tertiary/aromatic N) is 4. The lowest BCUT2D eigenvalue weighted by atomic mass is 10.1. The summed E-state index contributed by atoms with van der Waals surface area (Å²) in [6.45, 7) is 7.88. The zero-order valence-electron chi connectivity index (χ0n) is 18.6. The van der Waals surface area contributed by atoms with Gasteiger partial charge in [-0.1, -0.05) is 63.9 Å². The van der Waals surface area contributed by atoms with E-state index in [1.54, 1.807) is 0 Å². The van der Waals surface area contributed by atoms with Crippen molar-refractivity contribution in [1.82, 2.24) is 15.0 Å². The van der Waals surface area contributed by atoms with Crippen molar-refractivity contribution in [3.63, 3.8) is 0 Å². The molecule has 1 saturated heterocycles. The second-order valence-electron chi connectivity index (χ2n) is 8.30. The highest BCUT2D eigenvalue weighted by Gasteiger charge is 2.29. The van der Waals surface area contributed by atoms with Crippen molar-refractivity contribution in [1.29, 1.82) is 5.41 Å². The third kappa shape index (κ3) is 4.96. The van der Waals surface area contributed by atoms with Crippen molar-refractivity contribution in [2.24, 2.45) is 10.9 Å². The van der Waals surface area contributed by atoms with Gasteiger partial charge >= 0.3 is 0 Å². The lowest BCUT2D eigenvalue weighted by Crippen LogP contribution is -2.34. The summed E-state index contributed by atoms with van der Waals surface area (Å²) in [5.41, 5.74) is 11.7. The van der Waals surface area contributed by atoms with Gasteiger partial charge in [0.05, 0.1) is 11.6 Å². The van der Waals surface area contributed by atoms with Crippen LogP contribution in [0, 0.1) is 19.3 Å². The minimum atomic E-state index is 0.0813. The SMILES string of the molecule is C/C(=N\OCc1cc(C)cc(C)c1)c1ccc(-c2noc([C@@H]3CCN(C(=N)N)C3)n2)cc1. The van der Waals surface area contributed by atoms with Gasteiger partial charge < -0.3 is 20.0 Å². The van der Waals surface area contributed by atoms with E-state index in [0.29, 0.717) is 24.9 Å². The van der Waals surface area contributed by atoms with Crippen LogP contribution in [0.2, 0.25) is 0 Å². The third-order valence-electron chi connectivity index (χ3n) is 5.59. The van der Waals surface area contributed by atoms with Gasteiger partial charge in [0.25, 0.3) is 0 Å². The molecule has 1 aliphatic rings. The van der Waals surface area contributed by atoms with Crippen LogP contribution < -0.4 is 5.73 Å². The van der Waals surface area contributed by atoms with Crippen LogP contribution >= 0.6 is 0 Å². The van der Waals surface area contributed by atoms with Crippen LogP contribution in [0.3, 0.4) is 0 Å². The minimum Gasteiger partial charge on any atom is -0.391 e. The number of oxime groups is 1. The molecule has 0 unspecified atom stereocenters. The molecule has 1 aliphatic heterocycles. The summed E-state index contributed by atoms with van der Waals surface area (Å²) in [4.78, 5) is 11.9. The average molecular weight is 433 g/mol. The molecule has 4 rings (SSSR count). The molecule has 1 atom stereocenters. The summed E-state index contributed by atoms with van der Waals surface area (Å²) in [5, 5.41) is 16.0. The predicted molar refractivity (Wildman–Crippen MR) is 123 cm³/mol. The van der Waals surface area contributed by atoms with Gasteiger partial charge in [0.2, 0.25) is 11.7 Å². The van der Waals surface area contributed by atoms with Crippen molar-refractivity contribution in [2.45, 2.75) is 39.7 Å². The number of guanidine groups is 1. The van der Waals surface area contributed by atoms with Crippen LogP contribution in [0.4, 0.5) is 0 Å². The standard InChI is InChI=1S/C24H28N6O2/c1-15-10-16(2)12-18(11-15)14-31-28-17(3)19-4-6-20(7-5-19)22-27-23(32-29-22)21-8-9-30(13-21)24(25)26/h4-7,10-12,21H,8-9,13-14H2,1-3H3,(H3,25,26)/b28-17+/t21-/m1/s1. The first-order valence-electron chi connectivity index (χ1n) is 10.7. The van der Waals surface area contributed by atoms with Crippen LogP contribution in [0.15, 0.2) is 52.1 Å². The molecule has 3 aromatic rings. The lowest BCUT2D eigenvalue weighted by molar-refractivity contribution is 0.130. The van der Waals surface area contributed by atoms with Crippen molar-refractivity contribution in [2.75, 3.05) is 13.1 Å². The van der Waals surface area contributed by atoms with E-state index in [4.69, 9.17) is 20.5 Å². The number of aryl methyl sites for hydroxylation is 2. The van der Waals surface area contributed by atoms with Crippen LogP contribution in [0.1, 0.15) is 47.4 Å². The van der Waals surface area contributed by atoms with Crippen LogP contribution in [-0.2, 0) is 11.4 Å². The van der Waals surface area contributed by atoms with Crippen molar-refractivity contribution >= 4 is 11.7 Å². The molecule has 0 saturated carbocycles. The molecule has 3 N–H and O–H groups in total. The van der Waals surface area contributed by atoms with E-state index < -0.39 is 0 Å². The largest absolute Gasteiger partial charge is 0.391 e. The molecule has 8 heteroatoms. The topological polar surface area (TPSA) is 114 Å². The fourth-order valence-electron chi connectivity index (χ4n) is 3.97. The molecule has 2 heterocycles. The van der Waals surface area contributed by atoms with Crippen LogP contribution in [-0.4, -0.2) is 39.8 Å². The molecule has 1 fully saturated rings. The second-order valence-corrected chi connectivity index (χ2v) is 8.30. The van der Waals surface area contributed by atoms with Crippen molar-refractivity contribution in [3.05, 3.63) is 70.6 Å². The molecule has 0 amide bonds. The first-order valence-corrected chi connectivity index (χ1v) is 10.7. The molecular formula is C24H28N6O2. The van der Waals surface area contributed by atoms with E-state index in [2.05, 4.69) is 47.3 Å². The Kier molecular flexibility index (Phi) is 6.20. The summed E-state index contributed by atoms with van der Waals surface area (Å²) in [7, 11) is 0. The monoisotopic (exact) mass is 432 g/mol. The Morgan fingerprint density at radius 3 is 2.59 bits per heavy atom. The molecule has 0 spiro atoms. The number of aromatic nitrogens is 2. The fourth-order valence-corrected chi connectivity index (χ4v) is 3.97. The molecule has 8 nitrogen and oxygen atoms in total. The van der Waals surface area contributed by atoms with E-state index >= 15 is 0 Å². The maximum atomic E-state index is 7.56. The van der Waals surface area contributed by atoms with Gasteiger partial charge in [-0.25, -0.2) is 0 Å². The Hall–Kier alpha value is -3.68.